The molecule has 0 atom stereocenters. The van der Waals surface area contributed by atoms with E-state index in [1.807, 2.05) is 13.8 Å². The number of hydrogen-bond acceptors (Lipinski definition) is 9. The Kier molecular flexibility index (Phi) is 6.07. The van der Waals surface area contributed by atoms with Gasteiger partial charge in [-0.1, -0.05) is 23.4 Å². The van der Waals surface area contributed by atoms with Crippen LogP contribution in [0.1, 0.15) is 36.3 Å². The second kappa shape index (κ2) is 9.11. The van der Waals surface area contributed by atoms with Gasteiger partial charge < -0.3 is 18.7 Å². The summed E-state index contributed by atoms with van der Waals surface area (Å²) in [4.78, 5) is 29.8. The van der Waals surface area contributed by atoms with E-state index < -0.39 is 5.97 Å². The molecule has 0 aliphatic carbocycles. The average molecular weight is 450 g/mol. The fraction of sp³-hybridized carbons (Fsp3) is 0.261. The molecular formula is C23H22N4O6. The van der Waals surface area contributed by atoms with Crippen molar-refractivity contribution in [3.05, 3.63) is 64.4 Å². The molecule has 2 heterocycles. The van der Waals surface area contributed by atoms with Crippen molar-refractivity contribution in [2.24, 2.45) is 0 Å². The maximum Gasteiger partial charge on any atom is 0.359 e. The highest BCUT2D eigenvalue weighted by molar-refractivity contribution is 6.02. The average Bonchev–Trinajstić information content (AvgIpc) is 3.31. The Morgan fingerprint density at radius 1 is 1.09 bits per heavy atom. The molecule has 0 aliphatic rings. The van der Waals surface area contributed by atoms with Gasteiger partial charge >= 0.3 is 5.97 Å². The van der Waals surface area contributed by atoms with E-state index in [1.165, 1.54) is 11.8 Å². The first-order chi connectivity index (χ1) is 15.9. The first kappa shape index (κ1) is 22.0. The van der Waals surface area contributed by atoms with Gasteiger partial charge in [0.2, 0.25) is 5.82 Å². The highest BCUT2D eigenvalue weighted by atomic mass is 16.6. The molecule has 33 heavy (non-hydrogen) atoms. The molecule has 0 amide bonds. The third kappa shape index (κ3) is 4.27. The minimum atomic E-state index is -0.706. The lowest BCUT2D eigenvalue weighted by molar-refractivity contribution is 0.0422. The van der Waals surface area contributed by atoms with Crippen LogP contribution in [0.3, 0.4) is 0 Å². The van der Waals surface area contributed by atoms with Gasteiger partial charge in [-0.3, -0.25) is 4.79 Å². The third-order valence-electron chi connectivity index (χ3n) is 4.96. The van der Waals surface area contributed by atoms with Crippen molar-refractivity contribution in [1.29, 1.82) is 0 Å². The summed E-state index contributed by atoms with van der Waals surface area (Å²) >= 11 is 0. The zero-order valence-electron chi connectivity index (χ0n) is 18.6. The number of ether oxygens (including phenoxy) is 3. The van der Waals surface area contributed by atoms with Crippen LogP contribution in [-0.4, -0.2) is 40.1 Å². The van der Waals surface area contributed by atoms with Crippen LogP contribution in [0, 0.1) is 0 Å². The molecule has 0 saturated heterocycles. The molecule has 10 nitrogen and oxygen atoms in total. The standard InChI is InChI=1S/C23H22N4O6/c1-13(2)27-22(28)16-8-6-5-7-15(16)20(25-27)23(29)32-12-19-24-21(26-33-19)17-10-9-14(30-3)11-18(17)31-4/h5-11,13H,12H2,1-4H3. The minimum absolute atomic E-state index is 0.0375. The molecule has 4 aromatic rings. The van der Waals surface area contributed by atoms with Crippen LogP contribution in [0.25, 0.3) is 22.2 Å². The van der Waals surface area contributed by atoms with E-state index in [2.05, 4.69) is 15.2 Å². The van der Waals surface area contributed by atoms with Crippen molar-refractivity contribution in [2.75, 3.05) is 14.2 Å². The number of rotatable bonds is 7. The van der Waals surface area contributed by atoms with Crippen LogP contribution in [0.15, 0.2) is 51.8 Å². The van der Waals surface area contributed by atoms with Gasteiger partial charge in [-0.2, -0.15) is 10.1 Å². The maximum atomic E-state index is 12.8. The predicted octanol–water partition coefficient (Wildman–Crippen LogP) is 3.40. The van der Waals surface area contributed by atoms with E-state index in [0.29, 0.717) is 27.8 Å². The zero-order chi connectivity index (χ0) is 23.5. The second-order valence-corrected chi connectivity index (χ2v) is 7.39. The Morgan fingerprint density at radius 2 is 1.85 bits per heavy atom. The number of methoxy groups -OCH3 is 2. The Bertz CT molecular complexity index is 1380. The van der Waals surface area contributed by atoms with Crippen molar-refractivity contribution >= 4 is 16.7 Å². The summed E-state index contributed by atoms with van der Waals surface area (Å²) in [6, 6.07) is 11.7. The third-order valence-corrected chi connectivity index (χ3v) is 4.96. The lowest BCUT2D eigenvalue weighted by Crippen LogP contribution is -2.27. The van der Waals surface area contributed by atoms with Crippen molar-refractivity contribution in [1.82, 2.24) is 19.9 Å². The lowest BCUT2D eigenvalue weighted by atomic mass is 10.1. The lowest BCUT2D eigenvalue weighted by Gasteiger charge is -2.12. The molecule has 0 unspecified atom stereocenters. The summed E-state index contributed by atoms with van der Waals surface area (Å²) in [6.07, 6.45) is 0. The van der Waals surface area contributed by atoms with Gasteiger partial charge in [0.15, 0.2) is 12.3 Å². The topological polar surface area (TPSA) is 119 Å². The van der Waals surface area contributed by atoms with Gasteiger partial charge in [0, 0.05) is 11.5 Å². The Labute approximate surface area is 188 Å². The molecular weight excluding hydrogens is 428 g/mol. The van der Waals surface area contributed by atoms with Gasteiger partial charge in [-0.25, -0.2) is 9.48 Å². The molecule has 4 rings (SSSR count). The number of nitrogens with zero attached hydrogens (tertiary/aromatic N) is 4. The number of carbonyl (C=O) groups is 1. The molecule has 170 valence electrons. The fourth-order valence-corrected chi connectivity index (χ4v) is 3.31. The minimum Gasteiger partial charge on any atom is -0.497 e. The first-order valence-electron chi connectivity index (χ1n) is 10.2. The van der Waals surface area contributed by atoms with Crippen molar-refractivity contribution in [2.45, 2.75) is 26.5 Å². The van der Waals surface area contributed by atoms with E-state index in [0.717, 1.165) is 0 Å². The SMILES string of the molecule is COc1ccc(-c2noc(COC(=O)c3nn(C(C)C)c(=O)c4ccccc34)n2)c(OC)c1. The maximum absolute atomic E-state index is 12.8. The predicted molar refractivity (Wildman–Crippen MR) is 118 cm³/mol. The highest BCUT2D eigenvalue weighted by Crippen LogP contribution is 2.31. The number of carbonyl (C=O) groups excluding carboxylic acids is 1. The number of benzene rings is 2. The van der Waals surface area contributed by atoms with E-state index in [1.54, 1.807) is 49.6 Å². The summed E-state index contributed by atoms with van der Waals surface area (Å²) in [5.41, 5.74) is 0.360. The first-order valence-corrected chi connectivity index (χ1v) is 10.2. The number of fused-ring (bicyclic) bond motifs is 1. The quantitative estimate of drug-likeness (QED) is 0.390. The molecule has 0 bridgehead atoms. The molecule has 0 radical (unpaired) electrons. The molecule has 0 spiro atoms. The Balaban J connectivity index is 1.58. The Hall–Kier alpha value is -4.21. The number of hydrogen-bond donors (Lipinski definition) is 0. The van der Waals surface area contributed by atoms with E-state index >= 15 is 0 Å². The summed E-state index contributed by atoms with van der Waals surface area (Å²) < 4.78 is 22.4. The molecule has 10 heteroatoms. The van der Waals surface area contributed by atoms with Crippen LogP contribution >= 0.6 is 0 Å². The Morgan fingerprint density at radius 3 is 2.55 bits per heavy atom. The largest absolute Gasteiger partial charge is 0.497 e. The van der Waals surface area contributed by atoms with Gasteiger partial charge in [0.25, 0.3) is 11.4 Å². The second-order valence-electron chi connectivity index (χ2n) is 7.39. The highest BCUT2D eigenvalue weighted by Gasteiger charge is 2.21. The summed E-state index contributed by atoms with van der Waals surface area (Å²) in [5, 5.41) is 8.98. The molecule has 0 aliphatic heterocycles. The summed E-state index contributed by atoms with van der Waals surface area (Å²) in [7, 11) is 3.08. The van der Waals surface area contributed by atoms with Gasteiger partial charge in [-0.05, 0) is 32.0 Å². The monoisotopic (exact) mass is 450 g/mol. The van der Waals surface area contributed by atoms with Gasteiger partial charge in [-0.15, -0.1) is 0 Å². The molecule has 0 fully saturated rings. The molecule has 0 saturated carbocycles. The molecule has 0 N–H and O–H groups in total. The van der Waals surface area contributed by atoms with Crippen molar-refractivity contribution in [3.63, 3.8) is 0 Å². The number of esters is 1. The fourth-order valence-electron chi connectivity index (χ4n) is 3.31. The van der Waals surface area contributed by atoms with Crippen LogP contribution < -0.4 is 15.0 Å². The summed E-state index contributed by atoms with van der Waals surface area (Å²) in [5.74, 6) is 0.790. The molecule has 2 aromatic heterocycles. The van der Waals surface area contributed by atoms with Crippen molar-refractivity contribution < 1.29 is 23.5 Å². The van der Waals surface area contributed by atoms with E-state index in [-0.39, 0.29) is 35.6 Å². The van der Waals surface area contributed by atoms with Crippen LogP contribution in [-0.2, 0) is 11.3 Å². The van der Waals surface area contributed by atoms with Gasteiger partial charge in [0.1, 0.15) is 11.5 Å². The van der Waals surface area contributed by atoms with Crippen LogP contribution in [0.5, 0.6) is 11.5 Å². The normalized spacial score (nSPS) is 11.1. The van der Waals surface area contributed by atoms with Crippen LogP contribution in [0.4, 0.5) is 0 Å². The summed E-state index contributed by atoms with van der Waals surface area (Å²) in [6.45, 7) is 3.36. The zero-order valence-corrected chi connectivity index (χ0v) is 18.6. The van der Waals surface area contributed by atoms with E-state index in [9.17, 15) is 9.59 Å². The van der Waals surface area contributed by atoms with Crippen LogP contribution in [0.2, 0.25) is 0 Å². The smallest absolute Gasteiger partial charge is 0.359 e. The van der Waals surface area contributed by atoms with Gasteiger partial charge in [0.05, 0.1) is 31.2 Å². The molecule has 2 aromatic carbocycles. The number of aromatic nitrogens is 4. The van der Waals surface area contributed by atoms with Crippen molar-refractivity contribution in [3.8, 4) is 22.9 Å². The van der Waals surface area contributed by atoms with E-state index in [4.69, 9.17) is 18.7 Å².